The minimum absolute atomic E-state index is 0.0437. The number of likely N-dealkylation sites (tertiary alicyclic amines) is 1. The van der Waals surface area contributed by atoms with Crippen LogP contribution in [-0.4, -0.2) is 83.2 Å². The molecule has 3 aromatic rings. The molecule has 0 atom stereocenters. The quantitative estimate of drug-likeness (QED) is 0.261. The van der Waals surface area contributed by atoms with Gasteiger partial charge in [-0.2, -0.15) is 13.2 Å². The Bertz CT molecular complexity index is 1740. The van der Waals surface area contributed by atoms with Crippen molar-refractivity contribution in [3.8, 4) is 17.6 Å². The van der Waals surface area contributed by atoms with E-state index in [0.29, 0.717) is 33.8 Å². The van der Waals surface area contributed by atoms with E-state index in [1.165, 1.54) is 43.9 Å². The molecule has 3 fully saturated rings. The highest BCUT2D eigenvalue weighted by Gasteiger charge is 2.46. The number of alkyl halides is 3. The average Bonchev–Trinajstić information content (AvgIpc) is 3.39. The Balaban J connectivity index is 1.14. The molecule has 0 radical (unpaired) electrons. The first-order chi connectivity index (χ1) is 22.5. The largest absolute Gasteiger partial charge is 0.495 e. The topological polar surface area (TPSA) is 96.9 Å². The number of hydrogen-bond acceptors (Lipinski definition) is 7. The number of aromatic nitrogens is 1. The molecule has 2 saturated heterocycles. The predicted molar refractivity (Wildman–Crippen MR) is 176 cm³/mol. The summed E-state index contributed by atoms with van der Waals surface area (Å²) in [5.74, 6) is 6.15. The van der Waals surface area contributed by atoms with Gasteiger partial charge in [0.15, 0.2) is 0 Å². The van der Waals surface area contributed by atoms with Crippen LogP contribution in [0.2, 0.25) is 0 Å². The molecule has 1 spiro atoms. The fourth-order valence-corrected chi connectivity index (χ4v) is 7.98. The molecule has 9 nitrogen and oxygen atoms in total. The van der Waals surface area contributed by atoms with E-state index in [4.69, 9.17) is 9.47 Å². The number of rotatable bonds is 9. The summed E-state index contributed by atoms with van der Waals surface area (Å²) in [5.41, 5.74) is 2.52. The van der Waals surface area contributed by atoms with Crippen molar-refractivity contribution in [2.75, 3.05) is 57.6 Å². The van der Waals surface area contributed by atoms with E-state index in [2.05, 4.69) is 32.1 Å². The zero-order valence-electron chi connectivity index (χ0n) is 26.8. The minimum atomic E-state index is -4.43. The number of sulfonamides is 1. The van der Waals surface area contributed by atoms with E-state index in [0.717, 1.165) is 57.4 Å². The Morgan fingerprint density at radius 2 is 1.79 bits per heavy atom. The summed E-state index contributed by atoms with van der Waals surface area (Å²) < 4.78 is 79.8. The van der Waals surface area contributed by atoms with Crippen LogP contribution in [0.5, 0.6) is 5.75 Å². The van der Waals surface area contributed by atoms with Crippen molar-refractivity contribution in [3.05, 3.63) is 48.2 Å². The molecule has 1 aromatic heterocycles. The molecule has 47 heavy (non-hydrogen) atoms. The molecule has 6 rings (SSSR count). The minimum Gasteiger partial charge on any atom is -0.495 e. The number of fused-ring (bicyclic) bond motifs is 1. The zero-order chi connectivity index (χ0) is 33.2. The molecule has 13 heteroatoms. The Labute approximate surface area is 274 Å². The van der Waals surface area contributed by atoms with Crippen molar-refractivity contribution >= 4 is 32.3 Å². The van der Waals surface area contributed by atoms with Gasteiger partial charge in [-0.1, -0.05) is 12.0 Å². The Morgan fingerprint density at radius 3 is 2.47 bits per heavy atom. The van der Waals surface area contributed by atoms with E-state index < -0.39 is 22.7 Å². The number of halogens is 3. The van der Waals surface area contributed by atoms with E-state index in [1.807, 2.05) is 6.07 Å². The Kier molecular flexibility index (Phi) is 9.67. The number of nitrogens with zero attached hydrogens (tertiary/aromatic N) is 2. The molecule has 0 unspecified atom stereocenters. The lowest BCUT2D eigenvalue weighted by Crippen LogP contribution is -2.62. The molecule has 3 N–H and O–H groups in total. The van der Waals surface area contributed by atoms with Crippen LogP contribution in [0.3, 0.4) is 0 Å². The first-order valence-corrected chi connectivity index (χ1v) is 17.6. The fraction of sp³-hybridized carbons (Fsp3) is 0.529. The molecule has 3 heterocycles. The van der Waals surface area contributed by atoms with E-state index in [1.54, 1.807) is 24.3 Å². The van der Waals surface area contributed by atoms with E-state index in [9.17, 15) is 21.6 Å². The van der Waals surface area contributed by atoms with Crippen LogP contribution in [0.4, 0.5) is 24.5 Å². The highest BCUT2D eigenvalue weighted by molar-refractivity contribution is 7.89. The van der Waals surface area contributed by atoms with Crippen molar-refractivity contribution < 1.29 is 31.1 Å². The molecular weight excluding hydrogens is 631 g/mol. The van der Waals surface area contributed by atoms with Crippen molar-refractivity contribution in [1.29, 1.82) is 0 Å². The molecule has 1 aliphatic carbocycles. The summed E-state index contributed by atoms with van der Waals surface area (Å²) in [4.78, 5) is 2.68. The SMILES string of the molecule is CNS(=O)(=O)c1ccc(NCC#Cc2cc3c(NC4CCC(N5CC6(CCOCC6)C5)CC4)cccc3n2CC(F)(F)F)c(OC)c1. The summed E-state index contributed by atoms with van der Waals surface area (Å²) >= 11 is 0. The van der Waals surface area contributed by atoms with Crippen molar-refractivity contribution in [2.24, 2.45) is 5.41 Å². The van der Waals surface area contributed by atoms with E-state index in [-0.39, 0.29) is 23.2 Å². The summed E-state index contributed by atoms with van der Waals surface area (Å²) in [7, 11) is -0.914. The second-order valence-corrected chi connectivity index (χ2v) is 14.7. The zero-order valence-corrected chi connectivity index (χ0v) is 27.6. The maximum atomic E-state index is 13.7. The molecule has 254 valence electrons. The summed E-state index contributed by atoms with van der Waals surface area (Å²) in [6, 6.07) is 12.4. The lowest BCUT2D eigenvalue weighted by molar-refractivity contribution is -0.140. The van der Waals surface area contributed by atoms with Crippen LogP contribution in [0.15, 0.2) is 47.4 Å². The van der Waals surface area contributed by atoms with Gasteiger partial charge in [0, 0.05) is 60.9 Å². The van der Waals surface area contributed by atoms with Crippen LogP contribution in [0.25, 0.3) is 10.9 Å². The monoisotopic (exact) mass is 673 g/mol. The highest BCUT2D eigenvalue weighted by Crippen LogP contribution is 2.43. The van der Waals surface area contributed by atoms with Crippen LogP contribution in [0, 0.1) is 17.3 Å². The third-order valence-electron chi connectivity index (χ3n) is 9.82. The number of benzene rings is 2. The number of anilines is 2. The highest BCUT2D eigenvalue weighted by atomic mass is 32.2. The predicted octanol–water partition coefficient (Wildman–Crippen LogP) is 5.42. The van der Waals surface area contributed by atoms with Crippen molar-refractivity contribution in [3.63, 3.8) is 0 Å². The van der Waals surface area contributed by atoms with Crippen molar-refractivity contribution in [1.82, 2.24) is 14.2 Å². The summed E-state index contributed by atoms with van der Waals surface area (Å²) in [6.45, 7) is 3.05. The molecule has 2 aromatic carbocycles. The molecule has 0 bridgehead atoms. The van der Waals surface area contributed by atoms with Gasteiger partial charge in [-0.05, 0) is 81.8 Å². The van der Waals surface area contributed by atoms with Crippen molar-refractivity contribution in [2.45, 2.75) is 68.2 Å². The maximum absolute atomic E-state index is 13.7. The lowest BCUT2D eigenvalue weighted by Gasteiger charge is -2.56. The smallest absolute Gasteiger partial charge is 0.406 e. The standard InChI is InChI=1S/C34H42F3N5O4S/c1-38-47(43,44)27-12-13-30(32(20-27)45-2)39-16-4-5-26-19-28-29(6-3-7-31(28)42(26)23-34(35,36)37)40-24-8-10-25(11-9-24)41-21-33(22-41)14-17-46-18-15-33/h3,6-7,12-13,19-20,24-25,38-40H,8-11,14-18,21-23H2,1-2H3. The van der Waals surface area contributed by atoms with Gasteiger partial charge in [-0.15, -0.1) is 0 Å². The van der Waals surface area contributed by atoms with Gasteiger partial charge >= 0.3 is 6.18 Å². The summed E-state index contributed by atoms with van der Waals surface area (Å²) in [6.07, 6.45) is 2.15. The number of hydrogen-bond donors (Lipinski definition) is 3. The van der Waals surface area contributed by atoms with Gasteiger partial charge < -0.3 is 24.7 Å². The number of nitrogens with one attached hydrogen (secondary N) is 3. The van der Waals surface area contributed by atoms with Gasteiger partial charge in [-0.3, -0.25) is 4.90 Å². The summed E-state index contributed by atoms with van der Waals surface area (Å²) in [5, 5.41) is 7.43. The third-order valence-corrected chi connectivity index (χ3v) is 11.2. The van der Waals surface area contributed by atoms with Crippen LogP contribution >= 0.6 is 0 Å². The van der Waals surface area contributed by atoms with Crippen LogP contribution < -0.4 is 20.1 Å². The Morgan fingerprint density at radius 1 is 1.04 bits per heavy atom. The number of methoxy groups -OCH3 is 1. The molecule has 2 aliphatic heterocycles. The fourth-order valence-electron chi connectivity index (χ4n) is 7.24. The van der Waals surface area contributed by atoms with Crippen LogP contribution in [-0.2, 0) is 21.3 Å². The van der Waals surface area contributed by atoms with Gasteiger partial charge in [-0.25, -0.2) is 13.1 Å². The molecular formula is C34H42F3N5O4S. The first-order valence-electron chi connectivity index (χ1n) is 16.1. The molecule has 0 amide bonds. The van der Waals surface area contributed by atoms with E-state index >= 15 is 0 Å². The average molecular weight is 674 g/mol. The second-order valence-electron chi connectivity index (χ2n) is 12.9. The third kappa shape index (κ3) is 7.51. The number of ether oxygens (including phenoxy) is 2. The Hall–Kier alpha value is -3.44. The molecule has 3 aliphatic rings. The molecule has 1 saturated carbocycles. The van der Waals surface area contributed by atoms with Gasteiger partial charge in [0.1, 0.15) is 12.3 Å². The normalized spacial score (nSPS) is 21.6. The second kappa shape index (κ2) is 13.6. The van der Waals surface area contributed by atoms with Gasteiger partial charge in [0.2, 0.25) is 10.0 Å². The van der Waals surface area contributed by atoms with Gasteiger partial charge in [0.25, 0.3) is 0 Å². The van der Waals surface area contributed by atoms with Crippen LogP contribution in [0.1, 0.15) is 44.2 Å². The first kappa shape index (κ1) is 33.5. The van der Waals surface area contributed by atoms with Gasteiger partial charge in [0.05, 0.1) is 35.4 Å². The maximum Gasteiger partial charge on any atom is 0.406 e. The lowest BCUT2D eigenvalue weighted by atomic mass is 9.71.